The predicted octanol–water partition coefficient (Wildman–Crippen LogP) is 2.52. The van der Waals surface area contributed by atoms with Gasteiger partial charge in [-0.25, -0.2) is 28.7 Å². The zero-order chi connectivity index (χ0) is 22.7. The summed E-state index contributed by atoms with van der Waals surface area (Å²) in [6.45, 7) is 7.95. The van der Waals surface area contributed by atoms with E-state index < -0.39 is 42.3 Å². The number of nitrogens with one attached hydrogen (secondary N) is 1. The highest BCUT2D eigenvalue weighted by Crippen LogP contribution is 2.13. The molecule has 0 aliphatic rings. The summed E-state index contributed by atoms with van der Waals surface area (Å²) >= 11 is 0. The van der Waals surface area contributed by atoms with Crippen LogP contribution in [-0.2, 0) is 23.8 Å². The molecular weight excluding hydrogens is 396 g/mol. The smallest absolute Gasteiger partial charge is 0.437 e. The number of guanidine groups is 1. The van der Waals surface area contributed by atoms with Crippen molar-refractivity contribution in [1.82, 2.24) is 10.4 Å². The summed E-state index contributed by atoms with van der Waals surface area (Å²) in [5, 5.41) is 0. The minimum atomic E-state index is -2.95. The van der Waals surface area contributed by atoms with Crippen molar-refractivity contribution >= 4 is 24.4 Å². The van der Waals surface area contributed by atoms with Crippen molar-refractivity contribution in [1.29, 1.82) is 0 Å². The van der Waals surface area contributed by atoms with Crippen molar-refractivity contribution < 1.29 is 42.2 Å². The first-order chi connectivity index (χ1) is 13.2. The molecule has 2 amide bonds. The number of carbonyl (C=O) groups excluding carboxylic acids is 3. The van der Waals surface area contributed by atoms with E-state index in [1.54, 1.807) is 41.5 Å². The molecular formula is C17H29F2N3O7. The monoisotopic (exact) mass is 425 g/mol. The summed E-state index contributed by atoms with van der Waals surface area (Å²) in [6.07, 6.45) is -4.73. The lowest BCUT2D eigenvalue weighted by molar-refractivity contribution is -0.112. The minimum Gasteiger partial charge on any atom is -0.443 e. The second-order valence-electron chi connectivity index (χ2n) is 7.59. The van der Waals surface area contributed by atoms with Gasteiger partial charge in [-0.2, -0.15) is 0 Å². The van der Waals surface area contributed by atoms with E-state index in [1.807, 2.05) is 0 Å². The summed E-state index contributed by atoms with van der Waals surface area (Å²) < 4.78 is 41.0. The molecule has 12 heteroatoms. The Labute approximate surface area is 168 Å². The number of nitrogens with zero attached hydrogens (tertiary/aromatic N) is 2. The van der Waals surface area contributed by atoms with Crippen LogP contribution in [0.4, 0.5) is 18.4 Å². The third kappa shape index (κ3) is 14.3. The van der Waals surface area contributed by atoms with Gasteiger partial charge in [0, 0.05) is 0 Å². The highest BCUT2D eigenvalue weighted by atomic mass is 19.3. The summed E-state index contributed by atoms with van der Waals surface area (Å²) in [7, 11) is 0. The van der Waals surface area contributed by atoms with E-state index in [1.165, 1.54) is 0 Å². The van der Waals surface area contributed by atoms with Gasteiger partial charge in [0.05, 0.1) is 19.8 Å². The SMILES string of the molecule is CC(C)(C)OC(=O)/N=C(/NOCCOCC=O)N(CC(F)F)C(=O)OC(C)(C)C. The van der Waals surface area contributed by atoms with E-state index >= 15 is 0 Å². The molecule has 0 saturated carbocycles. The number of rotatable bonds is 8. The molecule has 10 nitrogen and oxygen atoms in total. The Bertz CT molecular complexity index is 572. The standard InChI is InChI=1S/C17H29F2N3O7/c1-16(2,3)28-14(24)20-13(21-27-10-9-26-8-7-23)22(11-12(18)19)15(25)29-17(4,5)6/h7,12H,8-11H2,1-6H3,(H,20,21,24). The number of hydrogen-bond donors (Lipinski definition) is 1. The van der Waals surface area contributed by atoms with Gasteiger partial charge in [0.25, 0.3) is 6.43 Å². The van der Waals surface area contributed by atoms with Crippen LogP contribution >= 0.6 is 0 Å². The van der Waals surface area contributed by atoms with Crippen molar-refractivity contribution in [2.75, 3.05) is 26.4 Å². The molecule has 0 saturated heterocycles. The number of ether oxygens (including phenoxy) is 3. The number of aldehydes is 1. The molecule has 168 valence electrons. The van der Waals surface area contributed by atoms with Crippen molar-refractivity contribution in [2.45, 2.75) is 59.2 Å². The van der Waals surface area contributed by atoms with Crippen LogP contribution in [0.2, 0.25) is 0 Å². The van der Waals surface area contributed by atoms with Crippen LogP contribution in [0.3, 0.4) is 0 Å². The fraction of sp³-hybridized carbons (Fsp3) is 0.765. The third-order valence-corrected chi connectivity index (χ3v) is 2.46. The van der Waals surface area contributed by atoms with Gasteiger partial charge >= 0.3 is 12.2 Å². The maximum Gasteiger partial charge on any atom is 0.437 e. The average Bonchev–Trinajstić information content (AvgIpc) is 2.51. The largest absolute Gasteiger partial charge is 0.443 e. The molecule has 1 N–H and O–H groups in total. The third-order valence-electron chi connectivity index (χ3n) is 2.46. The lowest BCUT2D eigenvalue weighted by Gasteiger charge is -2.28. The van der Waals surface area contributed by atoms with E-state index in [4.69, 9.17) is 19.0 Å². The molecule has 0 aliphatic carbocycles. The van der Waals surface area contributed by atoms with Gasteiger partial charge in [-0.3, -0.25) is 4.84 Å². The molecule has 0 rings (SSSR count). The number of halogens is 2. The van der Waals surface area contributed by atoms with Gasteiger partial charge in [-0.1, -0.05) is 0 Å². The first-order valence-corrected chi connectivity index (χ1v) is 8.74. The Kier molecular flexibility index (Phi) is 11.3. The summed E-state index contributed by atoms with van der Waals surface area (Å²) in [4.78, 5) is 43.5. The fourth-order valence-electron chi connectivity index (χ4n) is 1.56. The quantitative estimate of drug-likeness (QED) is 0.207. The Balaban J connectivity index is 5.50. The van der Waals surface area contributed by atoms with Crippen LogP contribution < -0.4 is 5.48 Å². The lowest BCUT2D eigenvalue weighted by atomic mass is 10.2. The molecule has 29 heavy (non-hydrogen) atoms. The first kappa shape index (κ1) is 26.7. The molecule has 0 heterocycles. The molecule has 0 unspecified atom stereocenters. The second kappa shape index (κ2) is 12.3. The van der Waals surface area contributed by atoms with Crippen LogP contribution in [0.15, 0.2) is 4.99 Å². The van der Waals surface area contributed by atoms with Crippen molar-refractivity contribution in [3.63, 3.8) is 0 Å². The molecule has 0 aromatic rings. The summed E-state index contributed by atoms with van der Waals surface area (Å²) in [5.41, 5.74) is 0.262. The summed E-state index contributed by atoms with van der Waals surface area (Å²) in [6, 6.07) is 0. The zero-order valence-electron chi connectivity index (χ0n) is 17.5. The molecule has 0 spiro atoms. The lowest BCUT2D eigenvalue weighted by Crippen LogP contribution is -2.49. The number of alkyl halides is 2. The Morgan fingerprint density at radius 3 is 2.14 bits per heavy atom. The Morgan fingerprint density at radius 2 is 1.66 bits per heavy atom. The number of aliphatic imine (C=N–C) groups is 1. The molecule has 0 atom stereocenters. The van der Waals surface area contributed by atoms with Crippen molar-refractivity contribution in [3.8, 4) is 0 Å². The first-order valence-electron chi connectivity index (χ1n) is 8.74. The van der Waals surface area contributed by atoms with Crippen molar-refractivity contribution in [3.05, 3.63) is 0 Å². The number of amides is 2. The normalized spacial score (nSPS) is 12.5. The molecule has 0 radical (unpaired) electrons. The van der Waals surface area contributed by atoms with Crippen LogP contribution in [0, 0.1) is 0 Å². The highest BCUT2D eigenvalue weighted by molar-refractivity contribution is 5.98. The van der Waals surface area contributed by atoms with Gasteiger partial charge < -0.3 is 19.0 Å². The molecule has 0 fully saturated rings. The van der Waals surface area contributed by atoms with Gasteiger partial charge in [0.1, 0.15) is 24.1 Å². The van der Waals surface area contributed by atoms with Gasteiger partial charge in [0.15, 0.2) is 0 Å². The Hall–Kier alpha value is -2.34. The Morgan fingerprint density at radius 1 is 1.07 bits per heavy atom. The zero-order valence-corrected chi connectivity index (χ0v) is 17.5. The van der Waals surface area contributed by atoms with Gasteiger partial charge in [-0.05, 0) is 41.5 Å². The molecule has 0 aliphatic heterocycles. The minimum absolute atomic E-state index is 0.0211. The van der Waals surface area contributed by atoms with Gasteiger partial charge in [0.2, 0.25) is 5.96 Å². The number of hydrogen-bond acceptors (Lipinski definition) is 7. The van der Waals surface area contributed by atoms with E-state index in [-0.39, 0.29) is 19.8 Å². The summed E-state index contributed by atoms with van der Waals surface area (Å²) in [5.74, 6) is -0.649. The highest BCUT2D eigenvalue weighted by Gasteiger charge is 2.30. The molecule has 0 aromatic carbocycles. The fourth-order valence-corrected chi connectivity index (χ4v) is 1.56. The van der Waals surface area contributed by atoms with Crippen LogP contribution in [0.5, 0.6) is 0 Å². The maximum atomic E-state index is 13.0. The van der Waals surface area contributed by atoms with Crippen LogP contribution in [0.1, 0.15) is 41.5 Å². The van der Waals surface area contributed by atoms with Crippen LogP contribution in [0.25, 0.3) is 0 Å². The number of carbonyl (C=O) groups is 3. The van der Waals surface area contributed by atoms with Crippen LogP contribution in [-0.4, -0.2) is 73.3 Å². The molecule has 0 bridgehead atoms. The van der Waals surface area contributed by atoms with Crippen molar-refractivity contribution in [2.24, 2.45) is 4.99 Å². The van der Waals surface area contributed by atoms with E-state index in [2.05, 4.69) is 10.5 Å². The molecule has 0 aromatic heterocycles. The van der Waals surface area contributed by atoms with E-state index in [9.17, 15) is 23.2 Å². The average molecular weight is 425 g/mol. The predicted molar refractivity (Wildman–Crippen MR) is 98.6 cm³/mol. The van der Waals surface area contributed by atoms with Gasteiger partial charge in [-0.15, -0.1) is 4.99 Å². The second-order valence-corrected chi connectivity index (χ2v) is 7.59. The maximum absolute atomic E-state index is 13.0. The number of hydroxylamine groups is 1. The van der Waals surface area contributed by atoms with E-state index in [0.29, 0.717) is 11.2 Å². The topological polar surface area (TPSA) is 116 Å². The van der Waals surface area contributed by atoms with E-state index in [0.717, 1.165) is 0 Å².